The number of nitrogens with one attached hydrogen (secondary N) is 1. The zero-order valence-corrected chi connectivity index (χ0v) is 18.8. The van der Waals surface area contributed by atoms with E-state index in [-0.39, 0.29) is 18.1 Å². The van der Waals surface area contributed by atoms with Gasteiger partial charge in [0.15, 0.2) is 0 Å². The van der Waals surface area contributed by atoms with Gasteiger partial charge in [-0.3, -0.25) is 4.90 Å². The van der Waals surface area contributed by atoms with Crippen LogP contribution in [0.3, 0.4) is 0 Å². The van der Waals surface area contributed by atoms with E-state index in [1.54, 1.807) is 12.1 Å². The first-order chi connectivity index (χ1) is 16.4. The lowest BCUT2D eigenvalue weighted by atomic mass is 9.94. The molecule has 0 bridgehead atoms. The molecule has 2 aliphatic heterocycles. The number of fused-ring (bicyclic) bond motifs is 2. The van der Waals surface area contributed by atoms with Crippen LogP contribution in [0, 0.1) is 24.1 Å². The van der Waals surface area contributed by atoms with Gasteiger partial charge in [0.2, 0.25) is 0 Å². The first-order valence-corrected chi connectivity index (χ1v) is 11.2. The summed E-state index contributed by atoms with van der Waals surface area (Å²) in [4.78, 5) is 14.0. The Morgan fingerprint density at radius 2 is 1.97 bits per heavy atom. The van der Waals surface area contributed by atoms with E-state index in [0.29, 0.717) is 17.8 Å². The molecule has 0 aromatic heterocycles. The van der Waals surface area contributed by atoms with Crippen LogP contribution in [-0.4, -0.2) is 29.1 Å². The lowest BCUT2D eigenvalue weighted by Crippen LogP contribution is -2.34. The number of nitrogens with zero attached hydrogens (tertiary/aromatic N) is 2. The van der Waals surface area contributed by atoms with Crippen LogP contribution in [-0.2, 0) is 24.3 Å². The topological polar surface area (TPSA) is 85.6 Å². The van der Waals surface area contributed by atoms with E-state index < -0.39 is 11.9 Å². The molecule has 0 spiro atoms. The molecule has 172 valence electrons. The number of esters is 1. The Balaban J connectivity index is 1.26. The fourth-order valence-electron chi connectivity index (χ4n) is 4.77. The van der Waals surface area contributed by atoms with E-state index in [2.05, 4.69) is 22.3 Å². The van der Waals surface area contributed by atoms with Gasteiger partial charge in [-0.25, -0.2) is 9.18 Å². The van der Waals surface area contributed by atoms with E-state index in [0.717, 1.165) is 41.9 Å². The Labute approximate surface area is 197 Å². The van der Waals surface area contributed by atoms with Crippen molar-refractivity contribution in [3.8, 4) is 6.07 Å². The molecule has 34 heavy (non-hydrogen) atoms. The molecule has 0 saturated carbocycles. The number of ether oxygens (including phenoxy) is 1. The van der Waals surface area contributed by atoms with Crippen molar-refractivity contribution >= 4 is 17.3 Å². The Kier molecular flexibility index (Phi) is 5.78. The molecule has 1 unspecified atom stereocenters. The number of nitriles is 1. The minimum Gasteiger partial charge on any atom is -0.457 e. The molecule has 7 heteroatoms. The summed E-state index contributed by atoms with van der Waals surface area (Å²) in [5, 5.41) is 23.0. The molecule has 2 heterocycles. The summed E-state index contributed by atoms with van der Waals surface area (Å²) < 4.78 is 19.0. The molecule has 2 N–H and O–H groups in total. The maximum atomic E-state index is 13.9. The number of hydrogen-bond donors (Lipinski definition) is 2. The number of β-amino-alcohol motifs (C(OH)–C–C–N with tert-alkyl or cyclic N) is 1. The highest BCUT2D eigenvalue weighted by Crippen LogP contribution is 2.31. The van der Waals surface area contributed by atoms with E-state index in [4.69, 9.17) is 10.00 Å². The molecule has 3 aromatic rings. The summed E-state index contributed by atoms with van der Waals surface area (Å²) in [7, 11) is 0. The Hall–Kier alpha value is -3.73. The smallest absolute Gasteiger partial charge is 0.338 e. The number of aliphatic hydroxyl groups excluding tert-OH is 1. The molecule has 1 atom stereocenters. The monoisotopic (exact) mass is 457 g/mol. The zero-order chi connectivity index (χ0) is 23.8. The minimum atomic E-state index is -0.658. The second kappa shape index (κ2) is 8.90. The molecule has 0 radical (unpaired) electrons. The molecular weight excluding hydrogens is 433 g/mol. The number of halogens is 1. The average Bonchev–Trinajstić information content (AvgIpc) is 3.21. The number of carbonyl (C=O) groups is 1. The molecule has 0 saturated heterocycles. The van der Waals surface area contributed by atoms with E-state index in [1.165, 1.54) is 23.3 Å². The fraction of sp³-hybridized carbons (Fsp3) is 0.259. The molecule has 2 aliphatic rings. The van der Waals surface area contributed by atoms with Gasteiger partial charge in [-0.05, 0) is 72.0 Å². The maximum absolute atomic E-state index is 13.9. The van der Waals surface area contributed by atoms with Crippen molar-refractivity contribution in [1.29, 1.82) is 5.26 Å². The zero-order valence-electron chi connectivity index (χ0n) is 18.8. The number of aliphatic hydroxyl groups is 1. The lowest BCUT2D eigenvalue weighted by Gasteiger charge is -2.31. The molecule has 0 fully saturated rings. The molecule has 0 aliphatic carbocycles. The van der Waals surface area contributed by atoms with Gasteiger partial charge >= 0.3 is 5.97 Å². The van der Waals surface area contributed by atoms with Gasteiger partial charge in [0.1, 0.15) is 18.5 Å². The minimum absolute atomic E-state index is 0.0233. The standard InChI is InChI=1S/C27H24FN3O3/c1-16-22(6-7-23-24(16)15-34-27(23)33)26(32)14-31-9-8-17-10-20(5-3-19(17)13-31)30-21-4-2-18(12-29)25(28)11-21/h2-7,10-11,26,30,32H,8-9,13-15H2,1H3. The van der Waals surface area contributed by atoms with Crippen molar-refractivity contribution in [3.63, 3.8) is 0 Å². The molecule has 0 amide bonds. The molecule has 6 nitrogen and oxygen atoms in total. The number of cyclic esters (lactones) is 1. The van der Waals surface area contributed by atoms with Crippen LogP contribution in [0.1, 0.15) is 49.8 Å². The summed E-state index contributed by atoms with van der Waals surface area (Å²) >= 11 is 0. The molecule has 3 aromatic carbocycles. The van der Waals surface area contributed by atoms with Gasteiger partial charge in [0.25, 0.3) is 0 Å². The highest BCUT2D eigenvalue weighted by molar-refractivity contribution is 5.94. The largest absolute Gasteiger partial charge is 0.457 e. The number of benzene rings is 3. The Morgan fingerprint density at radius 3 is 2.76 bits per heavy atom. The van der Waals surface area contributed by atoms with E-state index in [9.17, 15) is 14.3 Å². The van der Waals surface area contributed by atoms with Crippen LogP contribution >= 0.6 is 0 Å². The van der Waals surface area contributed by atoms with Crippen LogP contribution < -0.4 is 5.32 Å². The van der Waals surface area contributed by atoms with Crippen LogP contribution in [0.5, 0.6) is 0 Å². The summed E-state index contributed by atoms with van der Waals surface area (Å²) in [6, 6.07) is 16.0. The summed E-state index contributed by atoms with van der Waals surface area (Å²) in [6.07, 6.45) is 0.180. The second-order valence-electron chi connectivity index (χ2n) is 8.80. The van der Waals surface area contributed by atoms with Gasteiger partial charge < -0.3 is 15.2 Å². The predicted molar refractivity (Wildman–Crippen MR) is 125 cm³/mol. The number of anilines is 2. The van der Waals surface area contributed by atoms with Crippen LogP contribution in [0.25, 0.3) is 0 Å². The van der Waals surface area contributed by atoms with Gasteiger partial charge in [-0.15, -0.1) is 0 Å². The Bertz CT molecular complexity index is 1330. The number of hydrogen-bond acceptors (Lipinski definition) is 6. The van der Waals surface area contributed by atoms with Crippen molar-refractivity contribution in [3.05, 3.63) is 93.3 Å². The third kappa shape index (κ3) is 4.14. The first-order valence-electron chi connectivity index (χ1n) is 11.2. The molecular formula is C27H24FN3O3. The van der Waals surface area contributed by atoms with Gasteiger partial charge in [0.05, 0.1) is 17.2 Å². The first kappa shape index (κ1) is 22.1. The second-order valence-corrected chi connectivity index (χ2v) is 8.80. The summed E-state index contributed by atoms with van der Waals surface area (Å²) in [5.74, 6) is -0.845. The van der Waals surface area contributed by atoms with E-state index >= 15 is 0 Å². The van der Waals surface area contributed by atoms with Gasteiger partial charge in [0, 0.05) is 36.6 Å². The lowest BCUT2D eigenvalue weighted by molar-refractivity contribution is 0.0535. The quantitative estimate of drug-likeness (QED) is 0.549. The predicted octanol–water partition coefficient (Wildman–Crippen LogP) is 4.51. The van der Waals surface area contributed by atoms with E-state index in [1.807, 2.05) is 25.1 Å². The number of carbonyl (C=O) groups excluding carboxylic acids is 1. The summed E-state index contributed by atoms with van der Waals surface area (Å²) in [6.45, 7) is 4.23. The van der Waals surface area contributed by atoms with Crippen molar-refractivity contribution in [2.45, 2.75) is 32.6 Å². The third-order valence-corrected chi connectivity index (χ3v) is 6.67. The highest BCUT2D eigenvalue weighted by atomic mass is 19.1. The van der Waals surface area contributed by atoms with Crippen LogP contribution in [0.15, 0.2) is 48.5 Å². The van der Waals surface area contributed by atoms with Crippen molar-refractivity contribution < 1.29 is 19.0 Å². The van der Waals surface area contributed by atoms with Crippen molar-refractivity contribution in [2.75, 3.05) is 18.4 Å². The maximum Gasteiger partial charge on any atom is 0.338 e. The van der Waals surface area contributed by atoms with Crippen LogP contribution in [0.2, 0.25) is 0 Å². The molecule has 5 rings (SSSR count). The number of rotatable bonds is 5. The Morgan fingerprint density at radius 1 is 1.18 bits per heavy atom. The fourth-order valence-corrected chi connectivity index (χ4v) is 4.77. The third-order valence-electron chi connectivity index (χ3n) is 6.67. The average molecular weight is 458 g/mol. The highest BCUT2D eigenvalue weighted by Gasteiger charge is 2.27. The van der Waals surface area contributed by atoms with Crippen molar-refractivity contribution in [2.24, 2.45) is 0 Å². The van der Waals surface area contributed by atoms with Crippen molar-refractivity contribution in [1.82, 2.24) is 4.90 Å². The van der Waals surface area contributed by atoms with Gasteiger partial charge in [-0.1, -0.05) is 12.1 Å². The summed E-state index contributed by atoms with van der Waals surface area (Å²) in [5.41, 5.74) is 7.10. The normalized spacial score (nSPS) is 15.8. The van der Waals surface area contributed by atoms with Crippen LogP contribution in [0.4, 0.5) is 15.8 Å². The van der Waals surface area contributed by atoms with Gasteiger partial charge in [-0.2, -0.15) is 5.26 Å². The SMILES string of the molecule is Cc1c(C(O)CN2CCc3cc(Nc4ccc(C#N)c(F)c4)ccc3C2)ccc2c1COC2=O.